The van der Waals surface area contributed by atoms with Gasteiger partial charge in [0.1, 0.15) is 22.3 Å². The molecule has 0 saturated carbocycles. The lowest BCUT2D eigenvalue weighted by Gasteiger charge is -2.37. The topological polar surface area (TPSA) is 45.9 Å². The van der Waals surface area contributed by atoms with Crippen molar-refractivity contribution in [2.45, 2.75) is 0 Å². The predicted molar refractivity (Wildman–Crippen MR) is 283 cm³/mol. The number of fused-ring (bicyclic) bond motifs is 19. The zero-order chi connectivity index (χ0) is 44.2. The maximum atomic E-state index is 7.11. The predicted octanol–water partition coefficient (Wildman–Crippen LogP) is 15.4. The van der Waals surface area contributed by atoms with Crippen molar-refractivity contribution in [3.05, 3.63) is 212 Å². The van der Waals surface area contributed by atoms with E-state index in [4.69, 9.17) is 13.3 Å². The smallest absolute Gasteiger partial charge is 0.248 e. The van der Waals surface area contributed by atoms with Gasteiger partial charge in [0, 0.05) is 60.2 Å². The minimum Gasteiger partial charge on any atom is -0.455 e. The number of hydrogen-bond acceptors (Lipinski definition) is 5. The standard InChI is InChI=1S/C62H35BN2O3/c1-2-16-37(17-3-1)64(52-35-36-15-4-5-18-38(36)39-19-6-7-20-40(39)52)49-33-34-50-58-57(49)56-47(31-29-45-42-22-9-12-27-54(42)67-61(45)56)63(58)48-32-30-46-43-23-10-13-28-55(43)68-62(46)59(48)65(50)51-25-14-24-44-41-21-8-11-26-53(41)66-60(44)51/h1-35H. The molecular weight excluding hydrogens is 832 g/mol. The summed E-state index contributed by atoms with van der Waals surface area (Å²) in [7, 11) is 0. The second-order valence-electron chi connectivity index (χ2n) is 18.2. The van der Waals surface area contributed by atoms with E-state index in [1.54, 1.807) is 0 Å². The number of rotatable bonds is 4. The van der Waals surface area contributed by atoms with Crippen molar-refractivity contribution >= 4 is 145 Å². The number of anilines is 6. The summed E-state index contributed by atoms with van der Waals surface area (Å²) in [6, 6.07) is 76.4. The van der Waals surface area contributed by atoms with Crippen LogP contribution in [0.5, 0.6) is 0 Å². The van der Waals surface area contributed by atoms with Crippen molar-refractivity contribution in [1.82, 2.24) is 0 Å². The molecule has 68 heavy (non-hydrogen) atoms. The molecule has 5 nitrogen and oxygen atoms in total. The molecule has 14 aromatic rings. The van der Waals surface area contributed by atoms with Gasteiger partial charge in [-0.25, -0.2) is 0 Å². The molecule has 11 aromatic carbocycles. The van der Waals surface area contributed by atoms with E-state index < -0.39 is 0 Å². The van der Waals surface area contributed by atoms with Gasteiger partial charge in [-0.1, -0.05) is 163 Å². The fraction of sp³-hybridized carbons (Fsp3) is 0. The lowest BCUT2D eigenvalue weighted by Crippen LogP contribution is -2.54. The van der Waals surface area contributed by atoms with Crippen LogP contribution in [0.4, 0.5) is 34.1 Å². The van der Waals surface area contributed by atoms with Crippen LogP contribution < -0.4 is 26.2 Å². The first-order valence-electron chi connectivity index (χ1n) is 23.3. The fourth-order valence-corrected chi connectivity index (χ4v) is 12.1. The molecule has 0 bridgehead atoms. The van der Waals surface area contributed by atoms with Crippen LogP contribution in [0.15, 0.2) is 226 Å². The molecule has 16 rings (SSSR count). The molecular formula is C62H35BN2O3. The maximum Gasteiger partial charge on any atom is 0.248 e. The fourth-order valence-electron chi connectivity index (χ4n) is 12.1. The second-order valence-corrected chi connectivity index (χ2v) is 18.2. The molecule has 2 aliphatic rings. The van der Waals surface area contributed by atoms with Gasteiger partial charge in [-0.05, 0) is 81.7 Å². The summed E-state index contributed by atoms with van der Waals surface area (Å²) in [5.74, 6) is 0. The van der Waals surface area contributed by atoms with E-state index >= 15 is 0 Å². The summed E-state index contributed by atoms with van der Waals surface area (Å²) in [5.41, 5.74) is 17.3. The second kappa shape index (κ2) is 13.3. The Hall–Kier alpha value is -9.00. The van der Waals surface area contributed by atoms with Crippen LogP contribution in [0.25, 0.3) is 98.5 Å². The first-order valence-corrected chi connectivity index (χ1v) is 23.3. The molecule has 2 aliphatic heterocycles. The number of benzene rings is 11. The van der Waals surface area contributed by atoms with Crippen molar-refractivity contribution in [3.63, 3.8) is 0 Å². The minimum absolute atomic E-state index is 0.155. The van der Waals surface area contributed by atoms with Gasteiger partial charge in [0.25, 0.3) is 0 Å². The third kappa shape index (κ3) is 4.70. The van der Waals surface area contributed by atoms with Gasteiger partial charge < -0.3 is 23.1 Å². The highest BCUT2D eigenvalue weighted by Crippen LogP contribution is 2.53. The van der Waals surface area contributed by atoms with Crippen LogP contribution >= 0.6 is 0 Å². The highest BCUT2D eigenvalue weighted by molar-refractivity contribution is 7.02. The van der Waals surface area contributed by atoms with Crippen LogP contribution in [0, 0.1) is 0 Å². The molecule has 0 spiro atoms. The summed E-state index contributed by atoms with van der Waals surface area (Å²) < 4.78 is 21.1. The molecule has 0 radical (unpaired) electrons. The lowest BCUT2D eigenvalue weighted by molar-refractivity contribution is 0.666. The first-order chi connectivity index (χ1) is 33.8. The Kier molecular flexibility index (Phi) is 7.09. The largest absolute Gasteiger partial charge is 0.455 e. The van der Waals surface area contributed by atoms with Gasteiger partial charge in [0.15, 0.2) is 11.2 Å². The lowest BCUT2D eigenvalue weighted by atomic mass is 9.37. The molecule has 0 aliphatic carbocycles. The highest BCUT2D eigenvalue weighted by atomic mass is 16.3. The quantitative estimate of drug-likeness (QED) is 0.130. The third-order valence-corrected chi connectivity index (χ3v) is 14.8. The summed E-state index contributed by atoms with van der Waals surface area (Å²) in [5, 5.41) is 11.3. The molecule has 0 fully saturated rings. The van der Waals surface area contributed by atoms with Gasteiger partial charge in [-0.3, -0.25) is 0 Å². The van der Waals surface area contributed by atoms with Crippen molar-refractivity contribution in [2.75, 3.05) is 9.80 Å². The monoisotopic (exact) mass is 866 g/mol. The third-order valence-electron chi connectivity index (χ3n) is 14.8. The maximum absolute atomic E-state index is 7.11. The van der Waals surface area contributed by atoms with Crippen LogP contribution in [0.1, 0.15) is 0 Å². The van der Waals surface area contributed by atoms with Crippen molar-refractivity contribution in [2.24, 2.45) is 0 Å². The molecule has 0 saturated heterocycles. The van der Waals surface area contributed by atoms with E-state index in [-0.39, 0.29) is 6.71 Å². The van der Waals surface area contributed by atoms with E-state index in [2.05, 4.69) is 216 Å². The zero-order valence-electron chi connectivity index (χ0n) is 36.4. The highest BCUT2D eigenvalue weighted by Gasteiger charge is 2.47. The van der Waals surface area contributed by atoms with E-state index in [9.17, 15) is 0 Å². The van der Waals surface area contributed by atoms with E-state index in [1.807, 2.05) is 6.07 Å². The van der Waals surface area contributed by atoms with Crippen LogP contribution in [0.2, 0.25) is 0 Å². The Morgan fingerprint density at radius 1 is 0.353 bits per heavy atom. The molecule has 0 N–H and O–H groups in total. The molecule has 0 amide bonds. The van der Waals surface area contributed by atoms with Gasteiger partial charge in [-0.2, -0.15) is 0 Å². The summed E-state index contributed by atoms with van der Waals surface area (Å²) in [4.78, 5) is 4.92. The Morgan fingerprint density at radius 2 is 0.912 bits per heavy atom. The van der Waals surface area contributed by atoms with Crippen molar-refractivity contribution in [3.8, 4) is 11.1 Å². The van der Waals surface area contributed by atoms with Gasteiger partial charge in [-0.15, -0.1) is 0 Å². The summed E-state index contributed by atoms with van der Waals surface area (Å²) >= 11 is 0. The normalized spacial score (nSPS) is 12.9. The molecule has 6 heteroatoms. The first kappa shape index (κ1) is 36.2. The summed E-state index contributed by atoms with van der Waals surface area (Å²) in [6.07, 6.45) is 0. The van der Waals surface area contributed by atoms with Gasteiger partial charge >= 0.3 is 0 Å². The van der Waals surface area contributed by atoms with Gasteiger partial charge in [0.05, 0.1) is 22.7 Å². The zero-order valence-corrected chi connectivity index (χ0v) is 36.4. The molecule has 3 aromatic heterocycles. The van der Waals surface area contributed by atoms with Crippen LogP contribution in [0.3, 0.4) is 0 Å². The number of para-hydroxylation sites is 5. The SMILES string of the molecule is c1ccc(N(c2ccc3c4c2-c2c(ccc5c2oc2ccccc25)B4c2ccc4c(oc5ccccc54)c2N3c2cccc3c2oc2ccccc23)c2cc3ccccc3c3ccccc23)cc1. The Labute approximate surface area is 389 Å². The Bertz CT molecular complexity index is 4490. The molecule has 5 heterocycles. The van der Waals surface area contributed by atoms with Gasteiger partial charge in [0.2, 0.25) is 6.71 Å². The number of furan rings is 3. The Morgan fingerprint density at radius 3 is 1.65 bits per heavy atom. The molecule has 0 unspecified atom stereocenters. The molecule has 314 valence electrons. The van der Waals surface area contributed by atoms with Crippen molar-refractivity contribution < 1.29 is 13.3 Å². The van der Waals surface area contributed by atoms with Crippen LogP contribution in [-0.2, 0) is 0 Å². The van der Waals surface area contributed by atoms with E-state index in [0.717, 1.165) is 117 Å². The Balaban J connectivity index is 1.09. The van der Waals surface area contributed by atoms with E-state index in [0.29, 0.717) is 0 Å². The number of hydrogen-bond donors (Lipinski definition) is 0. The van der Waals surface area contributed by atoms with Crippen molar-refractivity contribution in [1.29, 1.82) is 0 Å². The number of nitrogens with zero attached hydrogens (tertiary/aromatic N) is 2. The average Bonchev–Trinajstić information content (AvgIpc) is 4.17. The van der Waals surface area contributed by atoms with E-state index in [1.165, 1.54) is 32.5 Å². The average molecular weight is 867 g/mol. The summed E-state index contributed by atoms with van der Waals surface area (Å²) in [6.45, 7) is -0.155. The minimum atomic E-state index is -0.155. The van der Waals surface area contributed by atoms with Crippen LogP contribution in [-0.4, -0.2) is 6.71 Å². The molecule has 0 atom stereocenters.